The van der Waals surface area contributed by atoms with Gasteiger partial charge in [-0.25, -0.2) is 8.42 Å². The van der Waals surface area contributed by atoms with E-state index in [1.165, 1.54) is 0 Å². The highest BCUT2D eigenvalue weighted by molar-refractivity contribution is 7.89. The molecule has 0 atom stereocenters. The fraction of sp³-hybridized carbons (Fsp3) is 0.667. The van der Waals surface area contributed by atoms with E-state index in [1.54, 1.807) is 4.31 Å². The Hall–Kier alpha value is -1.44. The molecule has 0 bridgehead atoms. The van der Waals surface area contributed by atoms with Crippen molar-refractivity contribution in [3.05, 3.63) is 27.8 Å². The molecule has 1 amide bonds. The number of nitrogens with zero attached hydrogens (tertiary/aromatic N) is 3. The molecular formula is C21H35N3O3S. The minimum absolute atomic E-state index is 0.109. The van der Waals surface area contributed by atoms with Gasteiger partial charge in [-0.15, -0.1) is 0 Å². The first-order valence-electron chi connectivity index (χ1n) is 10.1. The molecular weight excluding hydrogens is 374 g/mol. The van der Waals surface area contributed by atoms with Crippen molar-refractivity contribution in [2.45, 2.75) is 53.4 Å². The monoisotopic (exact) mass is 409 g/mol. The maximum Gasteiger partial charge on any atom is 0.243 e. The number of benzene rings is 1. The van der Waals surface area contributed by atoms with Gasteiger partial charge in [-0.05, 0) is 76.3 Å². The van der Waals surface area contributed by atoms with Gasteiger partial charge in [0, 0.05) is 39.3 Å². The number of hydrogen-bond donors (Lipinski definition) is 0. The smallest absolute Gasteiger partial charge is 0.243 e. The largest absolute Gasteiger partial charge is 0.342 e. The molecule has 0 N–H and O–H groups in total. The fourth-order valence-corrected chi connectivity index (χ4v) is 5.96. The maximum absolute atomic E-state index is 13.4. The third kappa shape index (κ3) is 4.26. The third-order valence-corrected chi connectivity index (χ3v) is 8.51. The lowest BCUT2D eigenvalue weighted by Crippen LogP contribution is -2.51. The average molecular weight is 410 g/mol. The molecule has 1 aliphatic rings. The average Bonchev–Trinajstić information content (AvgIpc) is 2.66. The van der Waals surface area contributed by atoms with Gasteiger partial charge in [-0.2, -0.15) is 4.31 Å². The molecule has 1 fully saturated rings. The summed E-state index contributed by atoms with van der Waals surface area (Å²) in [4.78, 5) is 16.6. The van der Waals surface area contributed by atoms with Crippen LogP contribution in [-0.2, 0) is 14.8 Å². The van der Waals surface area contributed by atoms with E-state index in [0.29, 0.717) is 50.7 Å². The Morgan fingerprint density at radius 2 is 1.25 bits per heavy atom. The molecule has 7 heteroatoms. The van der Waals surface area contributed by atoms with Crippen LogP contribution in [0, 0.1) is 34.6 Å². The van der Waals surface area contributed by atoms with Crippen LogP contribution in [0.5, 0.6) is 0 Å². The summed E-state index contributed by atoms with van der Waals surface area (Å²) in [6.45, 7) is 17.5. The molecule has 1 aliphatic heterocycles. The predicted octanol–water partition coefficient (Wildman–Crippen LogP) is 2.40. The van der Waals surface area contributed by atoms with Crippen molar-refractivity contribution in [1.82, 2.24) is 14.1 Å². The summed E-state index contributed by atoms with van der Waals surface area (Å²) in [6, 6.07) is 0. The first kappa shape index (κ1) is 22.8. The van der Waals surface area contributed by atoms with Crippen molar-refractivity contribution in [2.24, 2.45) is 0 Å². The number of hydrogen-bond acceptors (Lipinski definition) is 4. The van der Waals surface area contributed by atoms with E-state index in [2.05, 4.69) is 4.90 Å². The normalized spacial score (nSPS) is 16.4. The Kier molecular flexibility index (Phi) is 7.28. The second kappa shape index (κ2) is 8.93. The summed E-state index contributed by atoms with van der Waals surface area (Å²) in [5.41, 5.74) is 4.95. The van der Waals surface area contributed by atoms with Gasteiger partial charge in [-0.3, -0.25) is 9.69 Å². The van der Waals surface area contributed by atoms with Crippen molar-refractivity contribution in [1.29, 1.82) is 0 Å². The molecule has 0 spiro atoms. The van der Waals surface area contributed by atoms with Crippen molar-refractivity contribution in [3.63, 3.8) is 0 Å². The van der Waals surface area contributed by atoms with Gasteiger partial charge in [0.1, 0.15) is 0 Å². The summed E-state index contributed by atoms with van der Waals surface area (Å²) in [5, 5.41) is 0. The maximum atomic E-state index is 13.4. The molecule has 0 radical (unpaired) electrons. The Morgan fingerprint density at radius 3 is 1.68 bits per heavy atom. The summed E-state index contributed by atoms with van der Waals surface area (Å²) in [5.74, 6) is 0.109. The van der Waals surface area contributed by atoms with Crippen LogP contribution in [0.3, 0.4) is 0 Å². The van der Waals surface area contributed by atoms with Gasteiger partial charge < -0.3 is 4.90 Å². The van der Waals surface area contributed by atoms with Crippen molar-refractivity contribution < 1.29 is 13.2 Å². The van der Waals surface area contributed by atoms with Crippen LogP contribution in [0.25, 0.3) is 0 Å². The van der Waals surface area contributed by atoms with Crippen LogP contribution in [0.4, 0.5) is 0 Å². The number of amides is 1. The van der Waals surface area contributed by atoms with Gasteiger partial charge >= 0.3 is 0 Å². The summed E-state index contributed by atoms with van der Waals surface area (Å²) < 4.78 is 28.4. The first-order chi connectivity index (χ1) is 13.1. The van der Waals surface area contributed by atoms with Gasteiger partial charge in [0.15, 0.2) is 0 Å². The van der Waals surface area contributed by atoms with E-state index in [9.17, 15) is 13.2 Å². The summed E-state index contributed by atoms with van der Waals surface area (Å²) in [7, 11) is -3.55. The lowest BCUT2D eigenvalue weighted by molar-refractivity contribution is -0.132. The van der Waals surface area contributed by atoms with Crippen LogP contribution in [0.15, 0.2) is 4.90 Å². The van der Waals surface area contributed by atoms with Crippen LogP contribution >= 0.6 is 0 Å². The van der Waals surface area contributed by atoms with Gasteiger partial charge in [0.2, 0.25) is 15.9 Å². The molecule has 1 heterocycles. The lowest BCUT2D eigenvalue weighted by atomic mass is 9.95. The van der Waals surface area contributed by atoms with Crippen molar-refractivity contribution in [3.8, 4) is 0 Å². The molecule has 0 saturated carbocycles. The summed E-state index contributed by atoms with van der Waals surface area (Å²) in [6.07, 6.45) is 0. The first-order valence-corrected chi connectivity index (χ1v) is 11.6. The molecule has 28 heavy (non-hydrogen) atoms. The number of carbonyl (C=O) groups excluding carboxylic acids is 1. The van der Waals surface area contributed by atoms with E-state index in [0.717, 1.165) is 27.8 Å². The van der Waals surface area contributed by atoms with Crippen molar-refractivity contribution in [2.75, 3.05) is 45.8 Å². The van der Waals surface area contributed by atoms with Gasteiger partial charge in [0.25, 0.3) is 0 Å². The Labute approximate surface area is 170 Å². The van der Waals surface area contributed by atoms with Crippen LogP contribution in [0.1, 0.15) is 41.7 Å². The number of piperazine rings is 1. The van der Waals surface area contributed by atoms with Gasteiger partial charge in [0.05, 0.1) is 11.4 Å². The van der Waals surface area contributed by atoms with E-state index >= 15 is 0 Å². The van der Waals surface area contributed by atoms with Crippen LogP contribution < -0.4 is 0 Å². The highest BCUT2D eigenvalue weighted by Gasteiger charge is 2.32. The zero-order chi connectivity index (χ0) is 21.2. The standard InChI is InChI=1S/C21H35N3O3S/c1-8-23(9-2)20(25)14-22-10-12-24(13-11-22)28(26,27)21-18(6)16(4)15(3)17(5)19(21)7/h8-14H2,1-7H3. The van der Waals surface area contributed by atoms with E-state index < -0.39 is 10.0 Å². The molecule has 0 unspecified atom stereocenters. The fourth-order valence-electron chi connectivity index (χ4n) is 3.98. The molecule has 2 rings (SSSR count). The molecule has 1 saturated heterocycles. The lowest BCUT2D eigenvalue weighted by Gasteiger charge is -2.35. The zero-order valence-corrected chi connectivity index (χ0v) is 19.2. The number of likely N-dealkylation sites (N-methyl/N-ethyl adjacent to an activating group) is 1. The van der Waals surface area contributed by atoms with E-state index in [1.807, 2.05) is 53.4 Å². The molecule has 0 aromatic heterocycles. The zero-order valence-electron chi connectivity index (χ0n) is 18.4. The molecule has 1 aromatic rings. The van der Waals surface area contributed by atoms with E-state index in [-0.39, 0.29) is 5.91 Å². The second-order valence-corrected chi connectivity index (χ2v) is 9.58. The third-order valence-electron chi connectivity index (χ3n) is 6.34. The van der Waals surface area contributed by atoms with E-state index in [4.69, 9.17) is 0 Å². The Bertz CT molecular complexity index is 808. The molecule has 158 valence electrons. The molecule has 1 aromatic carbocycles. The number of sulfonamides is 1. The van der Waals surface area contributed by atoms with Crippen LogP contribution in [-0.4, -0.2) is 74.2 Å². The quantitative estimate of drug-likeness (QED) is 0.724. The minimum atomic E-state index is -3.55. The molecule has 0 aliphatic carbocycles. The predicted molar refractivity (Wildman–Crippen MR) is 113 cm³/mol. The topological polar surface area (TPSA) is 60.9 Å². The van der Waals surface area contributed by atoms with Crippen LogP contribution in [0.2, 0.25) is 0 Å². The van der Waals surface area contributed by atoms with Gasteiger partial charge in [-0.1, -0.05) is 0 Å². The Morgan fingerprint density at radius 1 is 0.821 bits per heavy atom. The number of rotatable bonds is 6. The highest BCUT2D eigenvalue weighted by atomic mass is 32.2. The number of carbonyl (C=O) groups is 1. The minimum Gasteiger partial charge on any atom is -0.342 e. The second-order valence-electron chi connectivity index (χ2n) is 7.70. The summed E-state index contributed by atoms with van der Waals surface area (Å²) >= 11 is 0. The SMILES string of the molecule is CCN(CC)C(=O)CN1CCN(S(=O)(=O)c2c(C)c(C)c(C)c(C)c2C)CC1. The molecule has 6 nitrogen and oxygen atoms in total. The van der Waals surface area contributed by atoms with Crippen molar-refractivity contribution >= 4 is 15.9 Å². The Balaban J connectivity index is 2.18. The highest BCUT2D eigenvalue weighted by Crippen LogP contribution is 2.31.